The van der Waals surface area contributed by atoms with Gasteiger partial charge in [-0.25, -0.2) is 9.97 Å². The number of hydrogen-bond donors (Lipinski definition) is 2. The maximum atomic E-state index is 6.01. The van der Waals surface area contributed by atoms with E-state index in [9.17, 15) is 0 Å². The number of thiazole rings is 1. The molecule has 0 unspecified atom stereocenters. The van der Waals surface area contributed by atoms with Gasteiger partial charge in [0.25, 0.3) is 0 Å². The van der Waals surface area contributed by atoms with E-state index < -0.39 is 0 Å². The Morgan fingerprint density at radius 2 is 1.71 bits per heavy atom. The molecule has 172 valence electrons. The summed E-state index contributed by atoms with van der Waals surface area (Å²) in [5.74, 6) is 2.23. The average Bonchev–Trinajstić information content (AvgIpc) is 3.58. The Bertz CT molecular complexity index is 1400. The van der Waals surface area contributed by atoms with Crippen molar-refractivity contribution in [1.82, 2.24) is 19.9 Å². The highest BCUT2D eigenvalue weighted by molar-refractivity contribution is 7.22. The van der Waals surface area contributed by atoms with Gasteiger partial charge in [0.2, 0.25) is 0 Å². The van der Waals surface area contributed by atoms with E-state index in [0.717, 1.165) is 49.8 Å². The van der Waals surface area contributed by atoms with E-state index in [1.807, 2.05) is 51.2 Å². The minimum absolute atomic E-state index is 0.717. The number of nitrogens with one attached hydrogen (secondary N) is 2. The summed E-state index contributed by atoms with van der Waals surface area (Å²) in [6.45, 7) is 3.97. The van der Waals surface area contributed by atoms with Gasteiger partial charge in [0, 0.05) is 31.1 Å². The van der Waals surface area contributed by atoms with Crippen LogP contribution in [0.4, 0.5) is 5.13 Å². The second-order valence-corrected chi connectivity index (χ2v) is 9.33. The zero-order valence-corrected chi connectivity index (χ0v) is 20.4. The van der Waals surface area contributed by atoms with Crippen LogP contribution in [-0.2, 0) is 12.8 Å². The number of H-pyrrole nitrogens is 1. The van der Waals surface area contributed by atoms with Crippen molar-refractivity contribution in [3.63, 3.8) is 0 Å². The number of ether oxygens (including phenoxy) is 1. The van der Waals surface area contributed by atoms with Crippen molar-refractivity contribution in [3.8, 4) is 23.0 Å². The lowest BCUT2D eigenvalue weighted by Crippen LogP contribution is -1.89. The smallest absolute Gasteiger partial charge is 0.183 e. The van der Waals surface area contributed by atoms with Crippen molar-refractivity contribution in [2.24, 2.45) is 0 Å². The van der Waals surface area contributed by atoms with Crippen molar-refractivity contribution >= 4 is 26.7 Å². The van der Waals surface area contributed by atoms with Gasteiger partial charge >= 0.3 is 0 Å². The largest absolute Gasteiger partial charge is 0.457 e. The molecule has 6 rings (SSSR count). The van der Waals surface area contributed by atoms with Crippen molar-refractivity contribution in [3.05, 3.63) is 83.3 Å². The topological polar surface area (TPSA) is 75.7 Å². The molecule has 0 atom stereocenters. The van der Waals surface area contributed by atoms with Gasteiger partial charge in [-0.2, -0.15) is 0 Å². The lowest BCUT2D eigenvalue weighted by atomic mass is 10.1. The molecule has 5 aromatic rings. The number of benzene rings is 2. The van der Waals surface area contributed by atoms with E-state index in [-0.39, 0.29) is 0 Å². The molecule has 0 radical (unpaired) electrons. The monoisotopic (exact) mass is 469 g/mol. The zero-order valence-electron chi connectivity index (χ0n) is 19.6. The fourth-order valence-corrected chi connectivity index (χ4v) is 4.85. The Morgan fingerprint density at radius 1 is 0.941 bits per heavy atom. The summed E-state index contributed by atoms with van der Waals surface area (Å²) in [4.78, 5) is 16.6. The van der Waals surface area contributed by atoms with E-state index in [1.165, 1.54) is 19.3 Å². The minimum Gasteiger partial charge on any atom is -0.457 e. The van der Waals surface area contributed by atoms with E-state index in [4.69, 9.17) is 4.74 Å². The Kier molecular flexibility index (Phi) is 6.27. The highest BCUT2D eigenvalue weighted by Gasteiger charge is 2.10. The van der Waals surface area contributed by atoms with E-state index in [0.29, 0.717) is 0 Å². The van der Waals surface area contributed by atoms with Gasteiger partial charge in [-0.15, -0.1) is 0 Å². The predicted molar refractivity (Wildman–Crippen MR) is 139 cm³/mol. The third-order valence-electron chi connectivity index (χ3n) is 5.92. The number of aryl methyl sites for hydroxylation is 4. The molecule has 0 aliphatic heterocycles. The predicted octanol–water partition coefficient (Wildman–Crippen LogP) is 6.71. The number of fused-ring (bicyclic) bond motifs is 2. The van der Waals surface area contributed by atoms with Gasteiger partial charge in [0.15, 0.2) is 11.0 Å². The van der Waals surface area contributed by atoms with Crippen molar-refractivity contribution in [2.45, 2.75) is 33.1 Å². The van der Waals surface area contributed by atoms with Gasteiger partial charge in [-0.05, 0) is 62.4 Å². The average molecular weight is 470 g/mol. The number of hydrogen-bond acceptors (Lipinski definition) is 6. The van der Waals surface area contributed by atoms with Crippen LogP contribution in [0.2, 0.25) is 0 Å². The fraction of sp³-hybridized carbons (Fsp3) is 0.222. The van der Waals surface area contributed by atoms with Crippen LogP contribution in [0.1, 0.15) is 28.9 Å². The normalized spacial score (nSPS) is 12.2. The molecule has 2 aromatic carbocycles. The van der Waals surface area contributed by atoms with Crippen LogP contribution in [0.25, 0.3) is 21.7 Å². The van der Waals surface area contributed by atoms with Crippen LogP contribution in [0.15, 0.2) is 60.8 Å². The number of aromatic amines is 1. The molecule has 0 bridgehead atoms. The Balaban J connectivity index is 0.000000222. The van der Waals surface area contributed by atoms with Crippen LogP contribution in [-0.4, -0.2) is 27.0 Å². The highest BCUT2D eigenvalue weighted by atomic mass is 32.1. The second-order valence-electron chi connectivity index (χ2n) is 8.30. The summed E-state index contributed by atoms with van der Waals surface area (Å²) in [6.07, 6.45) is 5.69. The van der Waals surface area contributed by atoms with Gasteiger partial charge < -0.3 is 15.0 Å². The molecule has 0 spiro atoms. The first-order valence-electron chi connectivity index (χ1n) is 11.4. The maximum absolute atomic E-state index is 6.01. The standard InChI is InChI=1S/C18H17N5OS.C9H10/c1-10-11(2)22-17(21-10)15-8-13(6-7-20-15)24-12-4-5-14-16(9-12)25-18(19-3)23-14;1-2-5-9-7-3-6-8(9)4-1/h4-9H,1-3H3,(H,19,23)(H,21,22);1-2,4-5H,3,6-7H2. The van der Waals surface area contributed by atoms with E-state index in [2.05, 4.69) is 49.5 Å². The van der Waals surface area contributed by atoms with E-state index in [1.54, 1.807) is 28.7 Å². The summed E-state index contributed by atoms with van der Waals surface area (Å²) in [5.41, 5.74) is 6.86. The molecule has 34 heavy (non-hydrogen) atoms. The summed E-state index contributed by atoms with van der Waals surface area (Å²) in [6, 6.07) is 18.3. The fourth-order valence-electron chi connectivity index (χ4n) is 4.00. The zero-order chi connectivity index (χ0) is 23.5. The first kappa shape index (κ1) is 22.1. The Morgan fingerprint density at radius 3 is 2.41 bits per heavy atom. The molecule has 0 saturated heterocycles. The van der Waals surface area contributed by atoms with Crippen LogP contribution in [0.3, 0.4) is 0 Å². The maximum Gasteiger partial charge on any atom is 0.183 e. The number of nitrogens with zero attached hydrogens (tertiary/aromatic N) is 3. The molecule has 1 aliphatic carbocycles. The third kappa shape index (κ3) is 4.79. The Labute approximate surface area is 203 Å². The molecule has 7 heteroatoms. The summed E-state index contributed by atoms with van der Waals surface area (Å²) in [7, 11) is 1.87. The summed E-state index contributed by atoms with van der Waals surface area (Å²) in [5, 5.41) is 3.96. The number of pyridine rings is 1. The number of aromatic nitrogens is 4. The Hall–Kier alpha value is -3.71. The molecule has 0 saturated carbocycles. The summed E-state index contributed by atoms with van der Waals surface area (Å²) < 4.78 is 7.08. The first-order valence-corrected chi connectivity index (χ1v) is 12.2. The number of anilines is 1. The van der Waals surface area contributed by atoms with Crippen LogP contribution < -0.4 is 10.1 Å². The molecule has 3 heterocycles. The van der Waals surface area contributed by atoms with Crippen molar-refractivity contribution in [2.75, 3.05) is 12.4 Å². The van der Waals surface area contributed by atoms with Crippen LogP contribution in [0, 0.1) is 13.8 Å². The molecule has 3 aromatic heterocycles. The first-order chi connectivity index (χ1) is 16.6. The molecule has 6 nitrogen and oxygen atoms in total. The molecule has 0 fully saturated rings. The van der Waals surface area contributed by atoms with Gasteiger partial charge in [-0.3, -0.25) is 4.98 Å². The number of imidazole rings is 1. The van der Waals surface area contributed by atoms with Gasteiger partial charge in [-0.1, -0.05) is 35.6 Å². The number of rotatable bonds is 4. The molecule has 0 amide bonds. The third-order valence-corrected chi connectivity index (χ3v) is 6.96. The second kappa shape index (κ2) is 9.65. The molecular formula is C27H27N5OS. The molecule has 1 aliphatic rings. The van der Waals surface area contributed by atoms with Crippen molar-refractivity contribution < 1.29 is 4.74 Å². The summed E-state index contributed by atoms with van der Waals surface area (Å²) >= 11 is 1.60. The van der Waals surface area contributed by atoms with Crippen LogP contribution >= 0.6 is 11.3 Å². The SMILES string of the molecule is CNc1nc2ccc(Oc3ccnc(-c4nc(C)c(C)[nH]4)c3)cc2s1.c1ccc2c(c1)CCC2. The molecular weight excluding hydrogens is 442 g/mol. The quantitative estimate of drug-likeness (QED) is 0.306. The van der Waals surface area contributed by atoms with Crippen molar-refractivity contribution in [1.29, 1.82) is 0 Å². The van der Waals surface area contributed by atoms with Crippen LogP contribution in [0.5, 0.6) is 11.5 Å². The van der Waals surface area contributed by atoms with E-state index >= 15 is 0 Å². The minimum atomic E-state index is 0.717. The van der Waals surface area contributed by atoms with Gasteiger partial charge in [0.1, 0.15) is 17.2 Å². The molecule has 2 N–H and O–H groups in total. The lowest BCUT2D eigenvalue weighted by Gasteiger charge is -2.06. The lowest BCUT2D eigenvalue weighted by molar-refractivity contribution is 0.483. The van der Waals surface area contributed by atoms with Gasteiger partial charge in [0.05, 0.1) is 15.9 Å². The highest BCUT2D eigenvalue weighted by Crippen LogP contribution is 2.31.